The highest BCUT2D eigenvalue weighted by Gasteiger charge is 2.13. The number of carbonyl (C=O) groups excluding carboxylic acids is 1. The standard InChI is InChI=1S/C17H18O3S.C11H16N2O2S/c1-3-21-16-9-7-13(8-10-16)17(12-18)20-15-6-4-5-14(11-15)19-2;1-12-7-16-11-6-10(15-4)9(14-3)5-8(11)13-2/h4-12,17H,3H2,1-2H3;5-6,12H,2,7H2,1,3-4H3. The van der Waals surface area contributed by atoms with Gasteiger partial charge >= 0.3 is 0 Å². The predicted octanol–water partition coefficient (Wildman–Crippen LogP) is 6.43. The molecule has 1 unspecified atom stereocenters. The maximum atomic E-state index is 11.3. The van der Waals surface area contributed by atoms with E-state index in [1.54, 1.807) is 57.0 Å². The van der Waals surface area contributed by atoms with E-state index in [-0.39, 0.29) is 0 Å². The summed E-state index contributed by atoms with van der Waals surface area (Å²) in [5.74, 6) is 4.51. The Labute approximate surface area is 228 Å². The maximum absolute atomic E-state index is 11.3. The molecular formula is C28H34N2O5S2. The van der Waals surface area contributed by atoms with E-state index >= 15 is 0 Å². The maximum Gasteiger partial charge on any atom is 0.179 e. The van der Waals surface area contributed by atoms with Crippen LogP contribution in [0.25, 0.3) is 0 Å². The minimum Gasteiger partial charge on any atom is -0.497 e. The van der Waals surface area contributed by atoms with Crippen molar-refractivity contribution < 1.29 is 23.7 Å². The van der Waals surface area contributed by atoms with Crippen LogP contribution < -0.4 is 24.3 Å². The van der Waals surface area contributed by atoms with Crippen LogP contribution in [0.3, 0.4) is 0 Å². The molecule has 3 aromatic carbocycles. The van der Waals surface area contributed by atoms with E-state index < -0.39 is 6.10 Å². The molecule has 37 heavy (non-hydrogen) atoms. The van der Waals surface area contributed by atoms with Gasteiger partial charge in [-0.15, -0.1) is 23.5 Å². The minimum atomic E-state index is -0.613. The highest BCUT2D eigenvalue weighted by Crippen LogP contribution is 2.39. The van der Waals surface area contributed by atoms with E-state index in [9.17, 15) is 4.79 Å². The summed E-state index contributed by atoms with van der Waals surface area (Å²) in [7, 11) is 6.71. The number of nitrogens with one attached hydrogen (secondary N) is 1. The number of carbonyl (C=O) groups is 1. The number of benzene rings is 3. The number of hydrogen-bond acceptors (Lipinski definition) is 9. The fourth-order valence-corrected chi connectivity index (χ4v) is 4.58. The average Bonchev–Trinajstić information content (AvgIpc) is 2.95. The molecule has 0 aliphatic carbocycles. The summed E-state index contributed by atoms with van der Waals surface area (Å²) < 4.78 is 21.3. The van der Waals surface area contributed by atoms with Gasteiger partial charge in [0.25, 0.3) is 0 Å². The monoisotopic (exact) mass is 542 g/mol. The van der Waals surface area contributed by atoms with Gasteiger partial charge in [0, 0.05) is 27.8 Å². The summed E-state index contributed by atoms with van der Waals surface area (Å²) in [5.41, 5.74) is 1.64. The molecule has 3 aromatic rings. The van der Waals surface area contributed by atoms with Gasteiger partial charge in [-0.1, -0.05) is 25.1 Å². The Morgan fingerprint density at radius 1 is 0.946 bits per heavy atom. The van der Waals surface area contributed by atoms with Crippen LogP contribution in [0.1, 0.15) is 18.6 Å². The van der Waals surface area contributed by atoms with Crippen LogP contribution in [-0.2, 0) is 4.79 Å². The van der Waals surface area contributed by atoms with E-state index in [4.69, 9.17) is 18.9 Å². The van der Waals surface area contributed by atoms with Gasteiger partial charge in [0.1, 0.15) is 11.5 Å². The number of methoxy groups -OCH3 is 3. The van der Waals surface area contributed by atoms with Crippen molar-refractivity contribution in [3.63, 3.8) is 0 Å². The molecule has 0 amide bonds. The third kappa shape index (κ3) is 9.35. The Morgan fingerprint density at radius 2 is 1.62 bits per heavy atom. The van der Waals surface area contributed by atoms with E-state index in [0.29, 0.717) is 23.0 Å². The Kier molecular flexibility index (Phi) is 13.5. The topological polar surface area (TPSA) is 78.4 Å². The average molecular weight is 543 g/mol. The highest BCUT2D eigenvalue weighted by molar-refractivity contribution is 7.99. The lowest BCUT2D eigenvalue weighted by molar-refractivity contribution is -0.113. The predicted molar refractivity (Wildman–Crippen MR) is 154 cm³/mol. The van der Waals surface area contributed by atoms with Crippen LogP contribution in [0.15, 0.2) is 75.4 Å². The first kappa shape index (κ1) is 30.1. The van der Waals surface area contributed by atoms with Crippen LogP contribution in [-0.4, -0.2) is 53.0 Å². The molecule has 0 aromatic heterocycles. The molecular weight excluding hydrogens is 508 g/mol. The fourth-order valence-electron chi connectivity index (χ4n) is 3.15. The number of ether oxygens (including phenoxy) is 4. The molecule has 0 saturated carbocycles. The van der Waals surface area contributed by atoms with Crippen LogP contribution in [0.2, 0.25) is 0 Å². The molecule has 3 rings (SSSR count). The quantitative estimate of drug-likeness (QED) is 0.115. The summed E-state index contributed by atoms with van der Waals surface area (Å²) in [6.45, 7) is 5.66. The van der Waals surface area contributed by atoms with Crippen molar-refractivity contribution >= 4 is 42.2 Å². The summed E-state index contributed by atoms with van der Waals surface area (Å²) in [6.07, 6.45) is 0.194. The third-order valence-corrected chi connectivity index (χ3v) is 6.92. The zero-order chi connectivity index (χ0) is 27.0. The smallest absolute Gasteiger partial charge is 0.179 e. The van der Waals surface area contributed by atoms with Crippen molar-refractivity contribution in [2.24, 2.45) is 4.99 Å². The number of nitrogens with zero attached hydrogens (tertiary/aromatic N) is 1. The van der Waals surface area contributed by atoms with Crippen LogP contribution in [0, 0.1) is 0 Å². The summed E-state index contributed by atoms with van der Waals surface area (Å²) in [6, 6.07) is 18.8. The third-order valence-electron chi connectivity index (χ3n) is 4.95. The Morgan fingerprint density at radius 3 is 2.19 bits per heavy atom. The minimum absolute atomic E-state index is 0.610. The molecule has 0 fully saturated rings. The highest BCUT2D eigenvalue weighted by atomic mass is 32.2. The Balaban J connectivity index is 0.000000271. The summed E-state index contributed by atoms with van der Waals surface area (Å²) in [5, 5.41) is 3.06. The van der Waals surface area contributed by atoms with Crippen LogP contribution in [0.5, 0.6) is 23.0 Å². The number of thioether (sulfide) groups is 2. The number of hydrogen-bond donors (Lipinski definition) is 1. The largest absolute Gasteiger partial charge is 0.497 e. The van der Waals surface area contributed by atoms with E-state index in [1.807, 2.05) is 55.6 Å². The van der Waals surface area contributed by atoms with E-state index in [2.05, 4.69) is 24.0 Å². The van der Waals surface area contributed by atoms with Gasteiger partial charge in [0.15, 0.2) is 23.9 Å². The molecule has 0 radical (unpaired) electrons. The molecule has 7 nitrogen and oxygen atoms in total. The molecule has 0 spiro atoms. The molecule has 0 bridgehead atoms. The van der Waals surface area contributed by atoms with Crippen LogP contribution >= 0.6 is 23.5 Å². The molecule has 9 heteroatoms. The number of aldehydes is 1. The zero-order valence-corrected chi connectivity index (χ0v) is 23.5. The molecule has 0 aliphatic rings. The van der Waals surface area contributed by atoms with Gasteiger partial charge < -0.3 is 24.3 Å². The second-order valence-corrected chi connectivity index (χ2v) is 9.69. The fraction of sp³-hybridized carbons (Fsp3) is 0.286. The Hall–Kier alpha value is -3.14. The van der Waals surface area contributed by atoms with Crippen molar-refractivity contribution in [3.8, 4) is 23.0 Å². The lowest BCUT2D eigenvalue weighted by Crippen LogP contribution is -2.08. The number of aliphatic imine (C=N–C) groups is 1. The Bertz CT molecular complexity index is 1130. The molecule has 0 saturated heterocycles. The normalized spacial score (nSPS) is 10.9. The van der Waals surface area contributed by atoms with Crippen molar-refractivity contribution in [1.29, 1.82) is 0 Å². The van der Waals surface area contributed by atoms with Gasteiger partial charge in [-0.3, -0.25) is 9.79 Å². The van der Waals surface area contributed by atoms with E-state index in [0.717, 1.165) is 34.1 Å². The summed E-state index contributed by atoms with van der Waals surface area (Å²) >= 11 is 3.41. The van der Waals surface area contributed by atoms with Crippen molar-refractivity contribution in [2.45, 2.75) is 22.8 Å². The first-order valence-corrected chi connectivity index (χ1v) is 13.5. The molecule has 1 atom stereocenters. The molecule has 1 N–H and O–H groups in total. The molecule has 0 aliphatic heterocycles. The lowest BCUT2D eigenvalue weighted by Gasteiger charge is -2.15. The van der Waals surface area contributed by atoms with Gasteiger partial charge in [0.05, 0.1) is 27.0 Å². The SMILES string of the molecule is C=Nc1cc(OC)c(OC)cc1SCNC.CCSc1ccc(C(C=O)Oc2cccc(OC)c2)cc1. The van der Waals surface area contributed by atoms with E-state index in [1.165, 1.54) is 4.90 Å². The zero-order valence-electron chi connectivity index (χ0n) is 21.9. The van der Waals surface area contributed by atoms with Gasteiger partial charge in [-0.05, 0) is 55.4 Å². The second-order valence-electron chi connectivity index (χ2n) is 7.33. The first-order chi connectivity index (χ1) is 18.0. The molecule has 0 heterocycles. The molecule has 198 valence electrons. The number of rotatable bonds is 13. The van der Waals surface area contributed by atoms with Gasteiger partial charge in [-0.25, -0.2) is 0 Å². The van der Waals surface area contributed by atoms with Gasteiger partial charge in [0.2, 0.25) is 0 Å². The van der Waals surface area contributed by atoms with Crippen molar-refractivity contribution in [3.05, 3.63) is 66.2 Å². The summed E-state index contributed by atoms with van der Waals surface area (Å²) in [4.78, 5) is 17.5. The van der Waals surface area contributed by atoms with Crippen LogP contribution in [0.4, 0.5) is 5.69 Å². The van der Waals surface area contributed by atoms with Crippen molar-refractivity contribution in [1.82, 2.24) is 5.32 Å². The first-order valence-electron chi connectivity index (χ1n) is 11.5. The van der Waals surface area contributed by atoms with Gasteiger partial charge in [-0.2, -0.15) is 0 Å². The van der Waals surface area contributed by atoms with Crippen molar-refractivity contribution in [2.75, 3.05) is 40.0 Å². The lowest BCUT2D eigenvalue weighted by atomic mass is 10.1. The second kappa shape index (κ2) is 16.6.